The maximum Gasteiger partial charge on any atom is 0.192 e. The van der Waals surface area contributed by atoms with E-state index in [1.807, 2.05) is 18.2 Å². The summed E-state index contributed by atoms with van der Waals surface area (Å²) >= 11 is 1.53. The summed E-state index contributed by atoms with van der Waals surface area (Å²) in [5.41, 5.74) is 3.26. The monoisotopic (exact) mass is 421 g/mol. The Morgan fingerprint density at radius 1 is 1.00 bits per heavy atom. The Balaban J connectivity index is 1.64. The van der Waals surface area contributed by atoms with Crippen LogP contribution in [0.4, 0.5) is 4.39 Å². The third kappa shape index (κ3) is 4.65. The van der Waals surface area contributed by atoms with E-state index in [4.69, 9.17) is 4.42 Å². The second-order valence-corrected chi connectivity index (χ2v) is 9.16. The normalized spacial score (nSPS) is 11.7. The van der Waals surface area contributed by atoms with Crippen molar-refractivity contribution < 1.29 is 8.81 Å². The van der Waals surface area contributed by atoms with E-state index in [1.54, 1.807) is 18.4 Å². The van der Waals surface area contributed by atoms with Crippen molar-refractivity contribution in [3.63, 3.8) is 0 Å². The van der Waals surface area contributed by atoms with Gasteiger partial charge in [-0.3, -0.25) is 4.57 Å². The second-order valence-electron chi connectivity index (χ2n) is 8.22. The van der Waals surface area contributed by atoms with Gasteiger partial charge in [-0.25, -0.2) is 4.39 Å². The molecule has 0 aliphatic carbocycles. The molecule has 0 fully saturated rings. The highest BCUT2D eigenvalue weighted by Crippen LogP contribution is 2.29. The van der Waals surface area contributed by atoms with E-state index in [1.165, 1.54) is 23.4 Å². The van der Waals surface area contributed by atoms with Crippen molar-refractivity contribution in [1.29, 1.82) is 0 Å². The number of furan rings is 1. The molecule has 0 atom stereocenters. The van der Waals surface area contributed by atoms with Crippen molar-refractivity contribution in [2.24, 2.45) is 0 Å². The minimum absolute atomic E-state index is 0.0896. The average molecular weight is 422 g/mol. The van der Waals surface area contributed by atoms with E-state index >= 15 is 0 Å². The lowest BCUT2D eigenvalue weighted by Gasteiger charge is -2.19. The highest BCUT2D eigenvalue weighted by molar-refractivity contribution is 7.98. The lowest BCUT2D eigenvalue weighted by Crippen LogP contribution is -2.10. The second kappa shape index (κ2) is 8.48. The van der Waals surface area contributed by atoms with Crippen LogP contribution < -0.4 is 0 Å². The van der Waals surface area contributed by atoms with E-state index in [0.29, 0.717) is 12.3 Å². The molecule has 0 spiro atoms. The zero-order valence-electron chi connectivity index (χ0n) is 17.3. The molecule has 154 valence electrons. The zero-order valence-corrected chi connectivity index (χ0v) is 18.1. The largest absolute Gasteiger partial charge is 0.467 e. The van der Waals surface area contributed by atoms with Crippen LogP contribution in [0.25, 0.3) is 11.4 Å². The molecule has 30 heavy (non-hydrogen) atoms. The van der Waals surface area contributed by atoms with Crippen LogP contribution in [0.1, 0.15) is 37.7 Å². The predicted molar refractivity (Wildman–Crippen MR) is 118 cm³/mol. The number of halogens is 1. The molecule has 0 aliphatic rings. The molecule has 2 heterocycles. The van der Waals surface area contributed by atoms with Gasteiger partial charge in [0, 0.05) is 11.3 Å². The van der Waals surface area contributed by atoms with Gasteiger partial charge in [0.05, 0.1) is 12.8 Å². The maximum atomic E-state index is 13.5. The van der Waals surface area contributed by atoms with Gasteiger partial charge in [-0.15, -0.1) is 10.2 Å². The fourth-order valence-corrected chi connectivity index (χ4v) is 4.08. The van der Waals surface area contributed by atoms with Crippen molar-refractivity contribution in [2.75, 3.05) is 0 Å². The van der Waals surface area contributed by atoms with Gasteiger partial charge >= 0.3 is 0 Å². The number of benzene rings is 2. The Labute approximate surface area is 180 Å². The van der Waals surface area contributed by atoms with Gasteiger partial charge in [-0.1, -0.05) is 68.9 Å². The summed E-state index contributed by atoms with van der Waals surface area (Å²) in [6, 6.07) is 18.9. The van der Waals surface area contributed by atoms with E-state index in [-0.39, 0.29) is 11.2 Å². The maximum absolute atomic E-state index is 13.5. The Morgan fingerprint density at radius 2 is 1.80 bits per heavy atom. The van der Waals surface area contributed by atoms with Crippen molar-refractivity contribution in [1.82, 2.24) is 14.8 Å². The number of aromatic nitrogens is 3. The Morgan fingerprint density at radius 3 is 2.47 bits per heavy atom. The first-order chi connectivity index (χ1) is 14.4. The van der Waals surface area contributed by atoms with Gasteiger partial charge in [-0.05, 0) is 40.8 Å². The molecular weight excluding hydrogens is 397 g/mol. The van der Waals surface area contributed by atoms with Crippen LogP contribution in [0.15, 0.2) is 76.5 Å². The van der Waals surface area contributed by atoms with Crippen molar-refractivity contribution in [3.05, 3.63) is 89.6 Å². The number of nitrogens with zero attached hydrogens (tertiary/aromatic N) is 3. The van der Waals surface area contributed by atoms with Crippen LogP contribution in [-0.4, -0.2) is 14.8 Å². The summed E-state index contributed by atoms with van der Waals surface area (Å²) in [7, 11) is 0. The number of hydrogen-bond acceptors (Lipinski definition) is 4. The van der Waals surface area contributed by atoms with E-state index < -0.39 is 0 Å². The summed E-state index contributed by atoms with van der Waals surface area (Å²) in [5.74, 6) is 1.99. The topological polar surface area (TPSA) is 43.9 Å². The summed E-state index contributed by atoms with van der Waals surface area (Å²) in [4.78, 5) is 0. The summed E-state index contributed by atoms with van der Waals surface area (Å²) in [5, 5.41) is 9.66. The molecule has 0 N–H and O–H groups in total. The molecule has 2 aromatic carbocycles. The van der Waals surface area contributed by atoms with Gasteiger partial charge in [0.2, 0.25) is 0 Å². The molecule has 0 saturated carbocycles. The highest BCUT2D eigenvalue weighted by Gasteiger charge is 2.18. The highest BCUT2D eigenvalue weighted by atomic mass is 32.2. The van der Waals surface area contributed by atoms with Crippen molar-refractivity contribution in [3.8, 4) is 11.4 Å². The Hall–Kier alpha value is -2.86. The number of rotatable bonds is 6. The van der Waals surface area contributed by atoms with Gasteiger partial charge in [0.1, 0.15) is 11.6 Å². The van der Waals surface area contributed by atoms with E-state index in [0.717, 1.165) is 27.9 Å². The van der Waals surface area contributed by atoms with Crippen molar-refractivity contribution in [2.45, 2.75) is 43.6 Å². The molecular formula is C24H24FN3OS. The molecule has 4 aromatic rings. The number of thioether (sulfide) groups is 1. The van der Waals surface area contributed by atoms with Crippen LogP contribution in [-0.2, 0) is 17.7 Å². The Kier molecular flexibility index (Phi) is 5.77. The van der Waals surface area contributed by atoms with E-state index in [2.05, 4.69) is 59.8 Å². The molecule has 0 amide bonds. The summed E-state index contributed by atoms with van der Waals surface area (Å²) < 4.78 is 21.1. The van der Waals surface area contributed by atoms with Gasteiger partial charge in [-0.2, -0.15) is 0 Å². The molecule has 4 rings (SSSR count). The van der Waals surface area contributed by atoms with Crippen molar-refractivity contribution >= 4 is 11.8 Å². The molecule has 0 radical (unpaired) electrons. The van der Waals surface area contributed by atoms with Crippen LogP contribution in [0.2, 0.25) is 0 Å². The van der Waals surface area contributed by atoms with Gasteiger partial charge < -0.3 is 4.42 Å². The third-order valence-corrected chi connectivity index (χ3v) is 5.91. The molecule has 4 nitrogen and oxygen atoms in total. The van der Waals surface area contributed by atoms with Gasteiger partial charge in [0.15, 0.2) is 11.0 Å². The Bertz CT molecular complexity index is 1110. The average Bonchev–Trinajstić information content (AvgIpc) is 3.36. The third-order valence-electron chi connectivity index (χ3n) is 4.88. The fourth-order valence-electron chi connectivity index (χ4n) is 3.20. The smallest absolute Gasteiger partial charge is 0.192 e. The molecule has 2 aromatic heterocycles. The molecule has 6 heteroatoms. The first kappa shape index (κ1) is 20.4. The minimum atomic E-state index is -0.232. The quantitative estimate of drug-likeness (QED) is 0.342. The minimum Gasteiger partial charge on any atom is -0.467 e. The summed E-state index contributed by atoms with van der Waals surface area (Å²) in [6.45, 7) is 7.12. The first-order valence-electron chi connectivity index (χ1n) is 9.84. The summed E-state index contributed by atoms with van der Waals surface area (Å²) in [6.07, 6.45) is 1.66. The van der Waals surface area contributed by atoms with Crippen LogP contribution in [0, 0.1) is 5.82 Å². The van der Waals surface area contributed by atoms with Crippen LogP contribution in [0.5, 0.6) is 0 Å². The molecule has 0 bridgehead atoms. The molecule has 0 aliphatic heterocycles. The lowest BCUT2D eigenvalue weighted by molar-refractivity contribution is 0.485. The number of hydrogen-bond donors (Lipinski definition) is 0. The lowest BCUT2D eigenvalue weighted by atomic mass is 9.87. The fraction of sp³-hybridized carbons (Fsp3) is 0.250. The SMILES string of the molecule is CC(C)(C)c1ccc(-c2nnc(SCc3cccc(F)c3)n2Cc2ccco2)cc1. The molecule has 0 saturated heterocycles. The zero-order chi connectivity index (χ0) is 21.1. The van der Waals surface area contributed by atoms with Gasteiger partial charge in [0.25, 0.3) is 0 Å². The van der Waals surface area contributed by atoms with E-state index in [9.17, 15) is 4.39 Å². The predicted octanol–water partition coefficient (Wildman–Crippen LogP) is 6.32. The first-order valence-corrected chi connectivity index (χ1v) is 10.8. The molecule has 0 unspecified atom stereocenters. The van der Waals surface area contributed by atoms with Crippen LogP contribution >= 0.6 is 11.8 Å². The standard InChI is InChI=1S/C24H24FN3OS/c1-24(2,3)19-11-9-18(10-12-19)22-26-27-23(28(22)15-21-8-5-13-29-21)30-16-17-6-4-7-20(25)14-17/h4-14H,15-16H2,1-3H3. The van der Waals surface area contributed by atoms with Crippen LogP contribution in [0.3, 0.4) is 0 Å².